The normalized spacial score (nSPS) is 10.1. The summed E-state index contributed by atoms with van der Waals surface area (Å²) in [5.74, 6) is 1.45. The molecule has 2 aromatic rings. The van der Waals surface area contributed by atoms with E-state index in [0.717, 1.165) is 22.5 Å². The molecule has 0 aliphatic heterocycles. The first-order chi connectivity index (χ1) is 8.78. The number of rotatable bonds is 5. The van der Waals surface area contributed by atoms with Crippen LogP contribution in [0.4, 0.5) is 5.95 Å². The van der Waals surface area contributed by atoms with Crippen LogP contribution >= 0.6 is 15.9 Å². The van der Waals surface area contributed by atoms with Gasteiger partial charge in [-0.1, -0.05) is 15.9 Å². The van der Waals surface area contributed by atoms with Gasteiger partial charge in [0.15, 0.2) is 0 Å². The molecule has 1 N–H and O–H groups in total. The van der Waals surface area contributed by atoms with Gasteiger partial charge in [0.05, 0.1) is 5.69 Å². The quantitative estimate of drug-likeness (QED) is 0.921. The van der Waals surface area contributed by atoms with Crippen molar-refractivity contribution in [1.29, 1.82) is 0 Å². The summed E-state index contributed by atoms with van der Waals surface area (Å²) in [6, 6.07) is 9.56. The zero-order chi connectivity index (χ0) is 12.8. The molecule has 0 saturated heterocycles. The summed E-state index contributed by atoms with van der Waals surface area (Å²) >= 11 is 3.38. The average Bonchev–Trinajstić information content (AvgIpc) is 2.39. The third-order valence-electron chi connectivity index (χ3n) is 2.25. The van der Waals surface area contributed by atoms with E-state index in [1.807, 2.05) is 37.3 Å². The molecule has 0 amide bonds. The molecular weight excluding hydrogens is 294 g/mol. The Balaban J connectivity index is 1.97. The number of anilines is 1. The minimum Gasteiger partial charge on any atom is -0.487 e. The summed E-state index contributed by atoms with van der Waals surface area (Å²) in [7, 11) is 0. The number of nitrogens with zero attached hydrogens (tertiary/aromatic N) is 2. The van der Waals surface area contributed by atoms with Crippen molar-refractivity contribution in [3.63, 3.8) is 0 Å². The maximum atomic E-state index is 5.64. The van der Waals surface area contributed by atoms with Crippen LogP contribution in [0.25, 0.3) is 0 Å². The lowest BCUT2D eigenvalue weighted by Gasteiger charge is -2.07. The fraction of sp³-hybridized carbons (Fsp3) is 0.231. The number of aromatic nitrogens is 2. The van der Waals surface area contributed by atoms with Crippen molar-refractivity contribution in [3.05, 3.63) is 46.7 Å². The molecule has 0 aliphatic rings. The maximum Gasteiger partial charge on any atom is 0.222 e. The molecular formula is C13H14BrN3O. The van der Waals surface area contributed by atoms with Crippen LogP contribution in [-0.4, -0.2) is 16.5 Å². The maximum absolute atomic E-state index is 5.64. The second kappa shape index (κ2) is 6.35. The van der Waals surface area contributed by atoms with Crippen LogP contribution in [-0.2, 0) is 6.61 Å². The largest absolute Gasteiger partial charge is 0.487 e. The molecule has 0 spiro atoms. The van der Waals surface area contributed by atoms with Crippen molar-refractivity contribution in [2.24, 2.45) is 0 Å². The molecule has 0 radical (unpaired) electrons. The number of hydrogen-bond acceptors (Lipinski definition) is 4. The molecule has 0 bridgehead atoms. The third-order valence-corrected chi connectivity index (χ3v) is 2.78. The smallest absolute Gasteiger partial charge is 0.222 e. The van der Waals surface area contributed by atoms with Gasteiger partial charge in [-0.05, 0) is 37.3 Å². The van der Waals surface area contributed by atoms with Gasteiger partial charge in [-0.15, -0.1) is 0 Å². The Bertz CT molecular complexity index is 502. The highest BCUT2D eigenvalue weighted by molar-refractivity contribution is 9.10. The minimum atomic E-state index is 0.433. The first kappa shape index (κ1) is 12.8. The Kier molecular flexibility index (Phi) is 4.52. The summed E-state index contributed by atoms with van der Waals surface area (Å²) in [4.78, 5) is 8.45. The average molecular weight is 308 g/mol. The van der Waals surface area contributed by atoms with E-state index in [9.17, 15) is 0 Å². The summed E-state index contributed by atoms with van der Waals surface area (Å²) in [6.45, 7) is 3.24. The van der Waals surface area contributed by atoms with Crippen molar-refractivity contribution in [2.45, 2.75) is 13.5 Å². The lowest BCUT2D eigenvalue weighted by Crippen LogP contribution is -2.05. The monoisotopic (exact) mass is 307 g/mol. The molecule has 1 aromatic heterocycles. The molecule has 18 heavy (non-hydrogen) atoms. The molecule has 1 aromatic carbocycles. The van der Waals surface area contributed by atoms with Gasteiger partial charge in [0.2, 0.25) is 5.95 Å². The van der Waals surface area contributed by atoms with Gasteiger partial charge in [0.25, 0.3) is 0 Å². The zero-order valence-electron chi connectivity index (χ0n) is 10.1. The Labute approximate surface area is 115 Å². The van der Waals surface area contributed by atoms with E-state index in [2.05, 4.69) is 31.2 Å². The molecule has 1 heterocycles. The number of ether oxygens (including phenoxy) is 1. The number of nitrogens with one attached hydrogen (secondary N) is 1. The highest BCUT2D eigenvalue weighted by atomic mass is 79.9. The van der Waals surface area contributed by atoms with E-state index in [1.54, 1.807) is 6.20 Å². The topological polar surface area (TPSA) is 47.0 Å². The Morgan fingerprint density at radius 2 is 2.00 bits per heavy atom. The standard InChI is InChI=1S/C13H14BrN3O/c1-2-15-13-16-8-7-11(17-13)9-18-12-5-3-10(14)4-6-12/h3-8H,2,9H2,1H3,(H,15,16,17). The molecule has 0 fully saturated rings. The van der Waals surface area contributed by atoms with E-state index in [4.69, 9.17) is 4.74 Å². The zero-order valence-corrected chi connectivity index (χ0v) is 11.6. The Morgan fingerprint density at radius 3 is 2.72 bits per heavy atom. The van der Waals surface area contributed by atoms with Crippen LogP contribution in [0.1, 0.15) is 12.6 Å². The predicted octanol–water partition coefficient (Wildman–Crippen LogP) is 3.25. The van der Waals surface area contributed by atoms with Gasteiger partial charge in [-0.3, -0.25) is 0 Å². The van der Waals surface area contributed by atoms with Crippen LogP contribution in [0.3, 0.4) is 0 Å². The lowest BCUT2D eigenvalue weighted by atomic mass is 10.3. The van der Waals surface area contributed by atoms with Crippen molar-refractivity contribution >= 4 is 21.9 Å². The number of benzene rings is 1. The fourth-order valence-corrected chi connectivity index (χ4v) is 1.67. The molecule has 5 heteroatoms. The van der Waals surface area contributed by atoms with Gasteiger partial charge < -0.3 is 10.1 Å². The van der Waals surface area contributed by atoms with E-state index < -0.39 is 0 Å². The molecule has 2 rings (SSSR count). The van der Waals surface area contributed by atoms with E-state index in [-0.39, 0.29) is 0 Å². The van der Waals surface area contributed by atoms with E-state index in [1.165, 1.54) is 0 Å². The Hall–Kier alpha value is -1.62. The lowest BCUT2D eigenvalue weighted by molar-refractivity contribution is 0.301. The summed E-state index contributed by atoms with van der Waals surface area (Å²) in [6.07, 6.45) is 1.73. The predicted molar refractivity (Wildman–Crippen MR) is 74.7 cm³/mol. The minimum absolute atomic E-state index is 0.433. The second-order valence-electron chi connectivity index (χ2n) is 3.64. The van der Waals surface area contributed by atoms with Gasteiger partial charge in [0, 0.05) is 17.2 Å². The first-order valence-electron chi connectivity index (χ1n) is 5.72. The third kappa shape index (κ3) is 3.70. The first-order valence-corrected chi connectivity index (χ1v) is 6.51. The van der Waals surface area contributed by atoms with Crippen LogP contribution in [0.2, 0.25) is 0 Å². The van der Waals surface area contributed by atoms with Gasteiger partial charge in [0.1, 0.15) is 12.4 Å². The molecule has 4 nitrogen and oxygen atoms in total. The van der Waals surface area contributed by atoms with Crippen molar-refractivity contribution in [2.75, 3.05) is 11.9 Å². The summed E-state index contributed by atoms with van der Waals surface area (Å²) in [5, 5.41) is 3.07. The van der Waals surface area contributed by atoms with Gasteiger partial charge in [-0.2, -0.15) is 0 Å². The fourth-order valence-electron chi connectivity index (χ4n) is 1.41. The van der Waals surface area contributed by atoms with Crippen molar-refractivity contribution in [3.8, 4) is 5.75 Å². The van der Waals surface area contributed by atoms with Gasteiger partial charge in [-0.25, -0.2) is 9.97 Å². The molecule has 0 atom stereocenters. The Morgan fingerprint density at radius 1 is 1.22 bits per heavy atom. The van der Waals surface area contributed by atoms with Crippen molar-refractivity contribution in [1.82, 2.24) is 9.97 Å². The van der Waals surface area contributed by atoms with Crippen LogP contribution in [0.5, 0.6) is 5.75 Å². The molecule has 0 aliphatic carbocycles. The second-order valence-corrected chi connectivity index (χ2v) is 4.56. The molecule has 0 saturated carbocycles. The number of halogens is 1. The van der Waals surface area contributed by atoms with Crippen LogP contribution < -0.4 is 10.1 Å². The van der Waals surface area contributed by atoms with Crippen molar-refractivity contribution < 1.29 is 4.74 Å². The van der Waals surface area contributed by atoms with Crippen LogP contribution in [0.15, 0.2) is 41.0 Å². The number of hydrogen-bond donors (Lipinski definition) is 1. The highest BCUT2D eigenvalue weighted by Crippen LogP contribution is 2.17. The van der Waals surface area contributed by atoms with E-state index >= 15 is 0 Å². The van der Waals surface area contributed by atoms with Crippen LogP contribution in [0, 0.1) is 0 Å². The molecule has 0 unspecified atom stereocenters. The SMILES string of the molecule is CCNc1nccc(COc2ccc(Br)cc2)n1. The highest BCUT2D eigenvalue weighted by Gasteiger charge is 2.00. The van der Waals surface area contributed by atoms with Gasteiger partial charge >= 0.3 is 0 Å². The molecule has 94 valence electrons. The summed E-state index contributed by atoms with van der Waals surface area (Å²) < 4.78 is 6.67. The summed E-state index contributed by atoms with van der Waals surface area (Å²) in [5.41, 5.74) is 0.851. The van der Waals surface area contributed by atoms with E-state index in [0.29, 0.717) is 12.6 Å².